The van der Waals surface area contributed by atoms with E-state index >= 15 is 0 Å². The molecule has 1 heterocycles. The number of aromatic nitrogens is 2. The minimum atomic E-state index is -0.537. The molecule has 2 N–H and O–H groups in total. The molecule has 0 bridgehead atoms. The molecule has 21 heavy (non-hydrogen) atoms. The number of fused-ring (bicyclic) bond motifs is 1. The second-order valence-electron chi connectivity index (χ2n) is 4.79. The summed E-state index contributed by atoms with van der Waals surface area (Å²) in [5, 5.41) is 10.8. The van der Waals surface area contributed by atoms with Crippen LogP contribution in [0.15, 0.2) is 18.3 Å². The Morgan fingerprint density at radius 3 is 3.00 bits per heavy atom. The number of hydrogen-bond donors (Lipinski definition) is 2. The largest absolute Gasteiger partial charge is 0.379 e. The summed E-state index contributed by atoms with van der Waals surface area (Å²) in [4.78, 5) is 12.1. The summed E-state index contributed by atoms with van der Waals surface area (Å²) in [6, 6.07) is 3.81. The van der Waals surface area contributed by atoms with Gasteiger partial charge in [-0.05, 0) is 32.4 Å². The standard InChI is InChI=1S/C15H21N3O3/c1-4-20-7-8-21-11(3)15(19)17-13-6-5-10(2)12-9-16-18-14(12)13/h5-6,9,11H,4,7-8H2,1-3H3,(H,16,18)(H,17,19). The number of aromatic amines is 1. The Kier molecular flexibility index (Phi) is 5.30. The molecule has 1 amide bonds. The summed E-state index contributed by atoms with van der Waals surface area (Å²) in [6.07, 6.45) is 1.22. The molecule has 0 saturated carbocycles. The van der Waals surface area contributed by atoms with Crippen LogP contribution in [0.25, 0.3) is 10.9 Å². The molecule has 1 atom stereocenters. The van der Waals surface area contributed by atoms with Crippen molar-refractivity contribution in [3.05, 3.63) is 23.9 Å². The van der Waals surface area contributed by atoms with Gasteiger partial charge in [0, 0.05) is 12.0 Å². The quantitative estimate of drug-likeness (QED) is 0.767. The average Bonchev–Trinajstić information content (AvgIpc) is 2.97. The van der Waals surface area contributed by atoms with Gasteiger partial charge in [0.1, 0.15) is 6.10 Å². The van der Waals surface area contributed by atoms with E-state index in [2.05, 4.69) is 15.5 Å². The predicted molar refractivity (Wildman–Crippen MR) is 81.4 cm³/mol. The van der Waals surface area contributed by atoms with Crippen molar-refractivity contribution in [1.82, 2.24) is 10.2 Å². The van der Waals surface area contributed by atoms with Gasteiger partial charge in [0.2, 0.25) is 0 Å². The van der Waals surface area contributed by atoms with Crippen LogP contribution in [-0.4, -0.2) is 42.0 Å². The first-order chi connectivity index (χ1) is 10.1. The van der Waals surface area contributed by atoms with E-state index in [1.54, 1.807) is 13.1 Å². The van der Waals surface area contributed by atoms with E-state index in [9.17, 15) is 4.79 Å². The second-order valence-corrected chi connectivity index (χ2v) is 4.79. The Labute approximate surface area is 123 Å². The van der Waals surface area contributed by atoms with Crippen LogP contribution in [0.5, 0.6) is 0 Å². The second kappa shape index (κ2) is 7.19. The average molecular weight is 291 g/mol. The van der Waals surface area contributed by atoms with E-state index in [0.29, 0.717) is 25.5 Å². The van der Waals surface area contributed by atoms with Gasteiger partial charge in [-0.3, -0.25) is 9.89 Å². The highest BCUT2D eigenvalue weighted by molar-refractivity contribution is 6.02. The maximum absolute atomic E-state index is 12.1. The number of nitrogens with zero attached hydrogens (tertiary/aromatic N) is 1. The van der Waals surface area contributed by atoms with Crippen LogP contribution in [0.2, 0.25) is 0 Å². The first-order valence-electron chi connectivity index (χ1n) is 7.06. The molecule has 1 unspecified atom stereocenters. The normalized spacial score (nSPS) is 12.5. The van der Waals surface area contributed by atoms with Gasteiger partial charge in [-0.2, -0.15) is 5.10 Å². The number of amides is 1. The van der Waals surface area contributed by atoms with E-state index in [1.807, 2.05) is 26.0 Å². The van der Waals surface area contributed by atoms with Crippen molar-refractivity contribution in [2.75, 3.05) is 25.1 Å². The molecule has 0 saturated heterocycles. The van der Waals surface area contributed by atoms with Crippen LogP contribution in [0.3, 0.4) is 0 Å². The van der Waals surface area contributed by atoms with E-state index in [4.69, 9.17) is 9.47 Å². The van der Waals surface area contributed by atoms with Gasteiger partial charge in [0.05, 0.1) is 30.6 Å². The topological polar surface area (TPSA) is 76.2 Å². The predicted octanol–water partition coefficient (Wildman–Crippen LogP) is 2.25. The molecule has 0 radical (unpaired) electrons. The van der Waals surface area contributed by atoms with Gasteiger partial charge < -0.3 is 14.8 Å². The zero-order valence-electron chi connectivity index (χ0n) is 12.6. The van der Waals surface area contributed by atoms with Gasteiger partial charge in [0.15, 0.2) is 0 Å². The number of H-pyrrole nitrogens is 1. The van der Waals surface area contributed by atoms with Gasteiger partial charge in [0.25, 0.3) is 5.91 Å². The smallest absolute Gasteiger partial charge is 0.253 e. The number of benzene rings is 1. The van der Waals surface area contributed by atoms with Crippen molar-refractivity contribution in [3.8, 4) is 0 Å². The Hall–Kier alpha value is -1.92. The Balaban J connectivity index is 1.98. The molecule has 0 aliphatic carbocycles. The SMILES string of the molecule is CCOCCOC(C)C(=O)Nc1ccc(C)c2cn[nH]c12. The maximum atomic E-state index is 12.1. The number of aryl methyl sites for hydroxylation is 1. The molecule has 0 spiro atoms. The fourth-order valence-electron chi connectivity index (χ4n) is 2.01. The van der Waals surface area contributed by atoms with Crippen molar-refractivity contribution < 1.29 is 14.3 Å². The summed E-state index contributed by atoms with van der Waals surface area (Å²) >= 11 is 0. The summed E-state index contributed by atoms with van der Waals surface area (Å²) < 4.78 is 10.6. The van der Waals surface area contributed by atoms with Crippen LogP contribution in [0, 0.1) is 6.92 Å². The van der Waals surface area contributed by atoms with E-state index < -0.39 is 6.10 Å². The third-order valence-electron chi connectivity index (χ3n) is 3.26. The zero-order valence-corrected chi connectivity index (χ0v) is 12.6. The molecule has 0 fully saturated rings. The van der Waals surface area contributed by atoms with E-state index in [1.165, 1.54) is 0 Å². The third kappa shape index (κ3) is 3.80. The summed E-state index contributed by atoms with van der Waals surface area (Å²) in [5.41, 5.74) is 2.64. The molecule has 0 aliphatic heterocycles. The van der Waals surface area contributed by atoms with Crippen molar-refractivity contribution in [1.29, 1.82) is 0 Å². The lowest BCUT2D eigenvalue weighted by Crippen LogP contribution is -2.29. The molecule has 1 aromatic carbocycles. The van der Waals surface area contributed by atoms with Gasteiger partial charge in [-0.25, -0.2) is 0 Å². The molecule has 2 rings (SSSR count). The fraction of sp³-hybridized carbons (Fsp3) is 0.467. The van der Waals surface area contributed by atoms with Gasteiger partial charge in [-0.15, -0.1) is 0 Å². The lowest BCUT2D eigenvalue weighted by atomic mass is 10.1. The number of carbonyl (C=O) groups excluding carboxylic acids is 1. The number of carbonyl (C=O) groups is 1. The Bertz CT molecular complexity index is 609. The zero-order chi connectivity index (χ0) is 15.2. The molecule has 114 valence electrons. The first kappa shape index (κ1) is 15.5. The van der Waals surface area contributed by atoms with Crippen molar-refractivity contribution in [2.45, 2.75) is 26.9 Å². The number of nitrogens with one attached hydrogen (secondary N) is 2. The minimum absolute atomic E-state index is 0.189. The summed E-state index contributed by atoms with van der Waals surface area (Å²) in [6.45, 7) is 7.18. The maximum Gasteiger partial charge on any atom is 0.253 e. The van der Waals surface area contributed by atoms with Crippen LogP contribution in [0.1, 0.15) is 19.4 Å². The van der Waals surface area contributed by atoms with E-state index in [0.717, 1.165) is 16.5 Å². The Morgan fingerprint density at radius 2 is 2.24 bits per heavy atom. The lowest BCUT2D eigenvalue weighted by molar-refractivity contribution is -0.127. The van der Waals surface area contributed by atoms with Crippen molar-refractivity contribution >= 4 is 22.5 Å². The lowest BCUT2D eigenvalue weighted by Gasteiger charge is -2.14. The first-order valence-corrected chi connectivity index (χ1v) is 7.06. The third-order valence-corrected chi connectivity index (χ3v) is 3.26. The number of rotatable bonds is 7. The molecule has 1 aromatic heterocycles. The molecule has 6 nitrogen and oxygen atoms in total. The highest BCUT2D eigenvalue weighted by Gasteiger charge is 2.15. The van der Waals surface area contributed by atoms with Crippen LogP contribution in [0.4, 0.5) is 5.69 Å². The van der Waals surface area contributed by atoms with E-state index in [-0.39, 0.29) is 5.91 Å². The molecular weight excluding hydrogens is 270 g/mol. The molecule has 2 aromatic rings. The molecule has 6 heteroatoms. The van der Waals surface area contributed by atoms with Gasteiger partial charge in [-0.1, -0.05) is 6.07 Å². The van der Waals surface area contributed by atoms with Crippen molar-refractivity contribution in [3.63, 3.8) is 0 Å². The molecular formula is C15H21N3O3. The monoisotopic (exact) mass is 291 g/mol. The van der Waals surface area contributed by atoms with Gasteiger partial charge >= 0.3 is 0 Å². The number of hydrogen-bond acceptors (Lipinski definition) is 4. The minimum Gasteiger partial charge on any atom is -0.379 e. The van der Waals surface area contributed by atoms with Crippen molar-refractivity contribution in [2.24, 2.45) is 0 Å². The number of anilines is 1. The van der Waals surface area contributed by atoms with Crippen LogP contribution in [-0.2, 0) is 14.3 Å². The highest BCUT2D eigenvalue weighted by Crippen LogP contribution is 2.24. The number of ether oxygens (including phenoxy) is 2. The summed E-state index contributed by atoms with van der Waals surface area (Å²) in [7, 11) is 0. The molecule has 0 aliphatic rings. The highest BCUT2D eigenvalue weighted by atomic mass is 16.5. The Morgan fingerprint density at radius 1 is 1.43 bits per heavy atom. The fourth-order valence-corrected chi connectivity index (χ4v) is 2.01. The van der Waals surface area contributed by atoms with Crippen LogP contribution < -0.4 is 5.32 Å². The summed E-state index contributed by atoms with van der Waals surface area (Å²) in [5.74, 6) is -0.189. The van der Waals surface area contributed by atoms with Crippen LogP contribution >= 0.6 is 0 Å².